The van der Waals surface area contributed by atoms with Crippen molar-refractivity contribution in [1.82, 2.24) is 5.32 Å². The topological polar surface area (TPSA) is 39.7 Å². The van der Waals surface area contributed by atoms with E-state index < -0.39 is 0 Å². The summed E-state index contributed by atoms with van der Waals surface area (Å²) in [6.45, 7) is 4.51. The number of hydrogen-bond acceptors (Lipinski definition) is 4. The number of benzene rings is 1. The van der Waals surface area contributed by atoms with Crippen LogP contribution in [0.4, 0.5) is 0 Å². The van der Waals surface area contributed by atoms with Gasteiger partial charge in [0.05, 0.1) is 21.3 Å². The van der Waals surface area contributed by atoms with Gasteiger partial charge in [-0.25, -0.2) is 0 Å². The van der Waals surface area contributed by atoms with Crippen LogP contribution in [0.15, 0.2) is 12.1 Å². The molecule has 21 heavy (non-hydrogen) atoms. The smallest absolute Gasteiger partial charge is 0.164 e. The van der Waals surface area contributed by atoms with Gasteiger partial charge in [-0.3, -0.25) is 0 Å². The van der Waals surface area contributed by atoms with E-state index in [1.165, 1.54) is 12.8 Å². The third-order valence-electron chi connectivity index (χ3n) is 3.73. The summed E-state index contributed by atoms with van der Waals surface area (Å²) in [5.74, 6) is 2.99. The Morgan fingerprint density at radius 3 is 1.95 bits per heavy atom. The molecule has 4 nitrogen and oxygen atoms in total. The molecule has 0 amide bonds. The molecule has 1 unspecified atom stereocenters. The fraction of sp³-hybridized carbons (Fsp3) is 0.647. The molecule has 0 saturated heterocycles. The maximum Gasteiger partial charge on any atom is 0.164 e. The quantitative estimate of drug-likeness (QED) is 0.752. The molecule has 0 bridgehead atoms. The van der Waals surface area contributed by atoms with E-state index in [1.807, 2.05) is 19.2 Å². The molecule has 1 aromatic carbocycles. The Hall–Kier alpha value is -1.42. The van der Waals surface area contributed by atoms with Crippen LogP contribution in [0.3, 0.4) is 0 Å². The molecule has 120 valence electrons. The Balaban J connectivity index is 3.00. The Labute approximate surface area is 128 Å². The van der Waals surface area contributed by atoms with Gasteiger partial charge < -0.3 is 19.5 Å². The van der Waals surface area contributed by atoms with Crippen molar-refractivity contribution in [3.8, 4) is 17.2 Å². The van der Waals surface area contributed by atoms with Crippen LogP contribution in [0, 0.1) is 5.92 Å². The fourth-order valence-corrected chi connectivity index (χ4v) is 2.51. The van der Waals surface area contributed by atoms with Crippen LogP contribution in [0.1, 0.15) is 44.7 Å². The van der Waals surface area contributed by atoms with E-state index in [0.29, 0.717) is 5.75 Å². The first-order chi connectivity index (χ1) is 10.1. The van der Waals surface area contributed by atoms with Gasteiger partial charge in [0.1, 0.15) is 5.75 Å². The Morgan fingerprint density at radius 2 is 1.48 bits per heavy atom. The van der Waals surface area contributed by atoms with Gasteiger partial charge in [-0.1, -0.05) is 26.7 Å². The lowest BCUT2D eigenvalue weighted by Crippen LogP contribution is -2.17. The van der Waals surface area contributed by atoms with Gasteiger partial charge in [-0.15, -0.1) is 0 Å². The first kappa shape index (κ1) is 17.6. The SMILES string of the molecule is CNC(CCCC(C)C)c1cc(OC)c(OC)cc1OC. The molecule has 0 aliphatic rings. The largest absolute Gasteiger partial charge is 0.496 e. The molecule has 4 heteroatoms. The van der Waals surface area contributed by atoms with Gasteiger partial charge in [-0.05, 0) is 25.5 Å². The summed E-state index contributed by atoms with van der Waals surface area (Å²) in [5.41, 5.74) is 1.11. The molecule has 0 aliphatic carbocycles. The van der Waals surface area contributed by atoms with Crippen LogP contribution in [-0.4, -0.2) is 28.4 Å². The summed E-state index contributed by atoms with van der Waals surface area (Å²) in [7, 11) is 6.96. The molecule has 0 radical (unpaired) electrons. The van der Waals surface area contributed by atoms with Crippen molar-refractivity contribution >= 4 is 0 Å². The molecule has 1 N–H and O–H groups in total. The summed E-state index contributed by atoms with van der Waals surface area (Å²) in [4.78, 5) is 0. The normalized spacial score (nSPS) is 12.3. The molecular formula is C17H29NO3. The lowest BCUT2D eigenvalue weighted by atomic mass is 9.97. The van der Waals surface area contributed by atoms with Crippen molar-refractivity contribution in [2.24, 2.45) is 5.92 Å². The van der Waals surface area contributed by atoms with Gasteiger partial charge in [-0.2, -0.15) is 0 Å². The molecule has 1 rings (SSSR count). The highest BCUT2D eigenvalue weighted by Gasteiger charge is 2.18. The number of ether oxygens (including phenoxy) is 3. The summed E-state index contributed by atoms with van der Waals surface area (Å²) in [6, 6.07) is 4.15. The summed E-state index contributed by atoms with van der Waals surface area (Å²) in [6.07, 6.45) is 3.48. The number of rotatable bonds is 9. The highest BCUT2D eigenvalue weighted by Crippen LogP contribution is 2.38. The fourth-order valence-electron chi connectivity index (χ4n) is 2.51. The van der Waals surface area contributed by atoms with Crippen LogP contribution < -0.4 is 19.5 Å². The van der Waals surface area contributed by atoms with Crippen molar-refractivity contribution in [3.05, 3.63) is 17.7 Å². The van der Waals surface area contributed by atoms with E-state index in [4.69, 9.17) is 14.2 Å². The highest BCUT2D eigenvalue weighted by molar-refractivity contribution is 5.51. The first-order valence-corrected chi connectivity index (χ1v) is 7.54. The standard InChI is InChI=1S/C17H29NO3/c1-12(2)8-7-9-14(18-3)13-10-16(20-5)17(21-6)11-15(13)19-4/h10-12,14,18H,7-9H2,1-6H3. The second kappa shape index (κ2) is 8.78. The van der Waals surface area contributed by atoms with Crippen molar-refractivity contribution < 1.29 is 14.2 Å². The lowest BCUT2D eigenvalue weighted by Gasteiger charge is -2.21. The second-order valence-electron chi connectivity index (χ2n) is 5.62. The molecule has 0 heterocycles. The Kier molecular flexibility index (Phi) is 7.37. The van der Waals surface area contributed by atoms with Gasteiger partial charge in [0.15, 0.2) is 11.5 Å². The van der Waals surface area contributed by atoms with Crippen molar-refractivity contribution in [3.63, 3.8) is 0 Å². The second-order valence-corrected chi connectivity index (χ2v) is 5.62. The van der Waals surface area contributed by atoms with E-state index in [-0.39, 0.29) is 6.04 Å². The van der Waals surface area contributed by atoms with Crippen LogP contribution in [0.25, 0.3) is 0 Å². The van der Waals surface area contributed by atoms with Crippen LogP contribution in [0.5, 0.6) is 17.2 Å². The predicted octanol–water partition coefficient (Wildman–Crippen LogP) is 3.80. The molecule has 1 aromatic rings. The zero-order valence-corrected chi connectivity index (χ0v) is 14.2. The zero-order chi connectivity index (χ0) is 15.8. The lowest BCUT2D eigenvalue weighted by molar-refractivity contribution is 0.344. The van der Waals surface area contributed by atoms with Crippen molar-refractivity contribution in [2.75, 3.05) is 28.4 Å². The third kappa shape index (κ3) is 4.81. The molecular weight excluding hydrogens is 266 g/mol. The Bertz CT molecular complexity index is 432. The number of nitrogens with one attached hydrogen (secondary N) is 1. The summed E-state index contributed by atoms with van der Waals surface area (Å²) >= 11 is 0. The van der Waals surface area contributed by atoms with Crippen molar-refractivity contribution in [1.29, 1.82) is 0 Å². The number of methoxy groups -OCH3 is 3. The zero-order valence-electron chi connectivity index (χ0n) is 14.2. The maximum atomic E-state index is 5.52. The average Bonchev–Trinajstić information content (AvgIpc) is 2.50. The predicted molar refractivity (Wildman–Crippen MR) is 86.6 cm³/mol. The van der Waals surface area contributed by atoms with Gasteiger partial charge >= 0.3 is 0 Å². The van der Waals surface area contributed by atoms with Gasteiger partial charge in [0, 0.05) is 17.7 Å². The average molecular weight is 295 g/mol. The van der Waals surface area contributed by atoms with E-state index in [2.05, 4.69) is 19.2 Å². The van der Waals surface area contributed by atoms with Gasteiger partial charge in [0.2, 0.25) is 0 Å². The minimum absolute atomic E-state index is 0.249. The van der Waals surface area contributed by atoms with Gasteiger partial charge in [0.25, 0.3) is 0 Å². The third-order valence-corrected chi connectivity index (χ3v) is 3.73. The Morgan fingerprint density at radius 1 is 0.905 bits per heavy atom. The minimum Gasteiger partial charge on any atom is -0.496 e. The molecule has 0 saturated carbocycles. The van der Waals surface area contributed by atoms with E-state index >= 15 is 0 Å². The molecule has 1 atom stereocenters. The van der Waals surface area contributed by atoms with E-state index in [9.17, 15) is 0 Å². The monoisotopic (exact) mass is 295 g/mol. The van der Waals surface area contributed by atoms with Crippen LogP contribution in [0.2, 0.25) is 0 Å². The number of hydrogen-bond donors (Lipinski definition) is 1. The minimum atomic E-state index is 0.249. The van der Waals surface area contributed by atoms with E-state index in [0.717, 1.165) is 29.4 Å². The summed E-state index contributed by atoms with van der Waals surface area (Å²) < 4.78 is 16.3. The van der Waals surface area contributed by atoms with E-state index in [1.54, 1.807) is 21.3 Å². The molecule has 0 aliphatic heterocycles. The summed E-state index contributed by atoms with van der Waals surface area (Å²) in [5, 5.41) is 3.38. The molecule has 0 spiro atoms. The van der Waals surface area contributed by atoms with Crippen molar-refractivity contribution in [2.45, 2.75) is 39.2 Å². The molecule has 0 fully saturated rings. The van der Waals surface area contributed by atoms with Crippen LogP contribution in [-0.2, 0) is 0 Å². The highest BCUT2D eigenvalue weighted by atomic mass is 16.5. The maximum absolute atomic E-state index is 5.52. The first-order valence-electron chi connectivity index (χ1n) is 7.54. The molecule has 0 aromatic heterocycles. The van der Waals surface area contributed by atoms with Crippen LogP contribution >= 0.6 is 0 Å².